The molecule has 0 bridgehead atoms. The van der Waals surface area contributed by atoms with E-state index in [-0.39, 0.29) is 18.4 Å². The largest absolute Gasteiger partial charge is 0.370 e. The molecule has 0 aromatic heterocycles. The second-order valence-electron chi connectivity index (χ2n) is 2.82. The minimum absolute atomic E-state index is 0. The number of guanidine groups is 1. The first-order chi connectivity index (χ1) is 5.13. The summed E-state index contributed by atoms with van der Waals surface area (Å²) in [4.78, 5) is 6.02. The highest BCUT2D eigenvalue weighted by Crippen LogP contribution is 1.90. The maximum Gasteiger partial charge on any atom is 0.185 e. The Labute approximate surface area is 80.4 Å². The van der Waals surface area contributed by atoms with Crippen molar-refractivity contribution in [2.75, 3.05) is 27.2 Å². The molecule has 4 N–H and O–H groups in total. The van der Waals surface area contributed by atoms with Gasteiger partial charge in [0.25, 0.3) is 0 Å². The third kappa shape index (κ3) is 12.2. The summed E-state index contributed by atoms with van der Waals surface area (Å²) >= 11 is 0. The molecule has 74 valence electrons. The fourth-order valence-corrected chi connectivity index (χ4v) is 0.748. The molecule has 0 heterocycles. The highest BCUT2D eigenvalue weighted by Gasteiger charge is 1.89. The Morgan fingerprint density at radius 2 is 1.83 bits per heavy atom. The fraction of sp³-hybridized carbons (Fsp3) is 0.857. The number of halogens is 1. The molecule has 5 heteroatoms. The third-order valence-electron chi connectivity index (χ3n) is 1.31. The second kappa shape index (κ2) is 8.62. The molecule has 0 radical (unpaired) electrons. The van der Waals surface area contributed by atoms with E-state index >= 15 is 0 Å². The van der Waals surface area contributed by atoms with Crippen molar-refractivity contribution in [2.45, 2.75) is 12.8 Å². The average molecular weight is 195 g/mol. The van der Waals surface area contributed by atoms with Gasteiger partial charge in [-0.05, 0) is 33.5 Å². The first-order valence-corrected chi connectivity index (χ1v) is 3.83. The van der Waals surface area contributed by atoms with Gasteiger partial charge in [-0.25, -0.2) is 0 Å². The summed E-state index contributed by atoms with van der Waals surface area (Å²) in [6.07, 6.45) is 2.19. The van der Waals surface area contributed by atoms with Crippen molar-refractivity contribution in [1.82, 2.24) is 4.90 Å². The Balaban J connectivity index is 0. The summed E-state index contributed by atoms with van der Waals surface area (Å²) < 4.78 is 0. The zero-order valence-corrected chi connectivity index (χ0v) is 8.60. The van der Waals surface area contributed by atoms with Crippen LogP contribution in [-0.2, 0) is 0 Å². The van der Waals surface area contributed by atoms with Crippen LogP contribution in [0.3, 0.4) is 0 Å². The van der Waals surface area contributed by atoms with Crippen LogP contribution in [0.2, 0.25) is 0 Å². The van der Waals surface area contributed by atoms with Gasteiger partial charge < -0.3 is 16.4 Å². The SMILES string of the molecule is CN(C)CCCCN=C(N)N.Cl. The maximum atomic E-state index is 5.15. The standard InChI is InChI=1S/C7H18N4.ClH/c1-11(2)6-4-3-5-10-7(8)9;/h3-6H2,1-2H3,(H4,8,9,10);1H. The van der Waals surface area contributed by atoms with Crippen LogP contribution in [0.4, 0.5) is 0 Å². The number of nitrogens with two attached hydrogens (primary N) is 2. The molecule has 0 saturated carbocycles. The molecule has 0 atom stereocenters. The lowest BCUT2D eigenvalue weighted by Crippen LogP contribution is -2.23. The van der Waals surface area contributed by atoms with E-state index in [2.05, 4.69) is 24.0 Å². The van der Waals surface area contributed by atoms with Crippen molar-refractivity contribution in [3.8, 4) is 0 Å². The number of rotatable bonds is 5. The fourth-order valence-electron chi connectivity index (χ4n) is 0.748. The Bertz CT molecular complexity index is 121. The van der Waals surface area contributed by atoms with Gasteiger partial charge in [-0.2, -0.15) is 0 Å². The van der Waals surface area contributed by atoms with Gasteiger partial charge >= 0.3 is 0 Å². The van der Waals surface area contributed by atoms with Gasteiger partial charge in [0.1, 0.15) is 0 Å². The van der Waals surface area contributed by atoms with E-state index in [1.54, 1.807) is 0 Å². The van der Waals surface area contributed by atoms with Gasteiger partial charge in [-0.15, -0.1) is 12.4 Å². The van der Waals surface area contributed by atoms with Gasteiger partial charge in [0, 0.05) is 6.54 Å². The molecule has 0 rings (SSSR count). The van der Waals surface area contributed by atoms with E-state index in [0.717, 1.165) is 25.9 Å². The predicted molar refractivity (Wildman–Crippen MR) is 55.7 cm³/mol. The van der Waals surface area contributed by atoms with Crippen LogP contribution in [0.5, 0.6) is 0 Å². The van der Waals surface area contributed by atoms with Crippen molar-refractivity contribution < 1.29 is 0 Å². The van der Waals surface area contributed by atoms with Gasteiger partial charge in [0.15, 0.2) is 5.96 Å². The van der Waals surface area contributed by atoms with Crippen LogP contribution < -0.4 is 11.5 Å². The monoisotopic (exact) mass is 194 g/mol. The van der Waals surface area contributed by atoms with E-state index in [9.17, 15) is 0 Å². The topological polar surface area (TPSA) is 67.6 Å². The van der Waals surface area contributed by atoms with Crippen LogP contribution in [-0.4, -0.2) is 38.0 Å². The van der Waals surface area contributed by atoms with E-state index in [1.165, 1.54) is 0 Å². The van der Waals surface area contributed by atoms with Crippen molar-refractivity contribution in [2.24, 2.45) is 16.5 Å². The molecule has 0 spiro atoms. The Kier molecular flexibility index (Phi) is 10.1. The predicted octanol–water partition coefficient (Wildman–Crippen LogP) is 0.0234. The molecule has 0 aromatic rings. The molecule has 12 heavy (non-hydrogen) atoms. The lowest BCUT2D eigenvalue weighted by molar-refractivity contribution is 0.396. The number of nitrogens with zero attached hydrogens (tertiary/aromatic N) is 2. The minimum atomic E-state index is 0. The van der Waals surface area contributed by atoms with Crippen molar-refractivity contribution in [3.63, 3.8) is 0 Å². The second-order valence-corrected chi connectivity index (χ2v) is 2.82. The minimum Gasteiger partial charge on any atom is -0.370 e. The molecule has 0 aliphatic rings. The van der Waals surface area contributed by atoms with E-state index in [1.807, 2.05) is 0 Å². The lowest BCUT2D eigenvalue weighted by atomic mass is 10.3. The van der Waals surface area contributed by atoms with Crippen LogP contribution in [0, 0.1) is 0 Å². The number of hydrogen-bond donors (Lipinski definition) is 2. The highest BCUT2D eigenvalue weighted by atomic mass is 35.5. The van der Waals surface area contributed by atoms with Crippen LogP contribution in [0.15, 0.2) is 4.99 Å². The Morgan fingerprint density at radius 1 is 1.25 bits per heavy atom. The smallest absolute Gasteiger partial charge is 0.185 e. The Hall–Kier alpha value is -0.480. The van der Waals surface area contributed by atoms with Gasteiger partial charge in [0.05, 0.1) is 0 Å². The summed E-state index contributed by atoms with van der Waals surface area (Å²) in [5.41, 5.74) is 10.3. The number of hydrogen-bond acceptors (Lipinski definition) is 2. The normalized spacial score (nSPS) is 9.25. The zero-order chi connectivity index (χ0) is 8.69. The third-order valence-corrected chi connectivity index (χ3v) is 1.31. The number of aliphatic imine (C=N–C) groups is 1. The molecular formula is C7H19ClN4. The molecule has 0 saturated heterocycles. The van der Waals surface area contributed by atoms with Gasteiger partial charge in [0.2, 0.25) is 0 Å². The quantitative estimate of drug-likeness (QED) is 0.369. The van der Waals surface area contributed by atoms with Crippen LogP contribution in [0.25, 0.3) is 0 Å². The Morgan fingerprint density at radius 3 is 2.25 bits per heavy atom. The van der Waals surface area contributed by atoms with E-state index in [0.29, 0.717) is 0 Å². The van der Waals surface area contributed by atoms with Gasteiger partial charge in [-0.1, -0.05) is 0 Å². The van der Waals surface area contributed by atoms with E-state index in [4.69, 9.17) is 11.5 Å². The summed E-state index contributed by atoms with van der Waals surface area (Å²) in [7, 11) is 4.11. The van der Waals surface area contributed by atoms with Crippen molar-refractivity contribution in [3.05, 3.63) is 0 Å². The maximum absolute atomic E-state index is 5.15. The molecular weight excluding hydrogens is 176 g/mol. The van der Waals surface area contributed by atoms with Crippen molar-refractivity contribution >= 4 is 18.4 Å². The number of unbranched alkanes of at least 4 members (excludes halogenated alkanes) is 1. The summed E-state index contributed by atoms with van der Waals surface area (Å²) in [6, 6.07) is 0. The first-order valence-electron chi connectivity index (χ1n) is 3.83. The molecule has 0 aliphatic heterocycles. The van der Waals surface area contributed by atoms with E-state index < -0.39 is 0 Å². The summed E-state index contributed by atoms with van der Waals surface area (Å²) in [5, 5.41) is 0. The molecule has 0 aromatic carbocycles. The van der Waals surface area contributed by atoms with Crippen molar-refractivity contribution in [1.29, 1.82) is 0 Å². The zero-order valence-electron chi connectivity index (χ0n) is 7.79. The molecule has 4 nitrogen and oxygen atoms in total. The van der Waals surface area contributed by atoms with Crippen LogP contribution in [0.1, 0.15) is 12.8 Å². The molecule has 0 aliphatic carbocycles. The summed E-state index contributed by atoms with van der Waals surface area (Å²) in [5.74, 6) is 0.190. The first kappa shape index (κ1) is 14.1. The molecule has 0 amide bonds. The average Bonchev–Trinajstić information content (AvgIpc) is 1.85. The lowest BCUT2D eigenvalue weighted by Gasteiger charge is -2.07. The molecule has 0 fully saturated rings. The highest BCUT2D eigenvalue weighted by molar-refractivity contribution is 5.85. The summed E-state index contributed by atoms with van der Waals surface area (Å²) in [6.45, 7) is 1.84. The molecule has 0 unspecified atom stereocenters. The van der Waals surface area contributed by atoms with Gasteiger partial charge in [-0.3, -0.25) is 4.99 Å². The van der Waals surface area contributed by atoms with Crippen LogP contribution >= 0.6 is 12.4 Å².